The van der Waals surface area contributed by atoms with Gasteiger partial charge in [0.15, 0.2) is 0 Å². The average Bonchev–Trinajstić information content (AvgIpc) is 3.04. The standard InChI is InChI=1S/C18H23NOS/c1-2-10-19-17(13-15-7-5-12-21-15)18-16-8-4-3-6-14(16)9-11-20-18/h3-8,12,17-19H,2,9-11,13H2,1H3. The number of hydrogen-bond donors (Lipinski definition) is 1. The van der Waals surface area contributed by atoms with Gasteiger partial charge in [0, 0.05) is 10.9 Å². The molecule has 0 amide bonds. The van der Waals surface area contributed by atoms with E-state index in [0.717, 1.165) is 32.4 Å². The van der Waals surface area contributed by atoms with Crippen LogP contribution in [0.1, 0.15) is 35.5 Å². The van der Waals surface area contributed by atoms with E-state index in [1.54, 1.807) is 0 Å². The predicted molar refractivity (Wildman–Crippen MR) is 88.9 cm³/mol. The summed E-state index contributed by atoms with van der Waals surface area (Å²) in [5.41, 5.74) is 2.82. The molecule has 1 aliphatic heterocycles. The Morgan fingerprint density at radius 3 is 3.00 bits per heavy atom. The molecule has 0 radical (unpaired) electrons. The molecule has 0 aliphatic carbocycles. The maximum absolute atomic E-state index is 6.15. The van der Waals surface area contributed by atoms with Gasteiger partial charge in [0.05, 0.1) is 12.7 Å². The highest BCUT2D eigenvalue weighted by Gasteiger charge is 2.28. The second kappa shape index (κ2) is 7.21. The Bertz CT molecular complexity index is 552. The summed E-state index contributed by atoms with van der Waals surface area (Å²) in [6.07, 6.45) is 3.39. The van der Waals surface area contributed by atoms with E-state index in [-0.39, 0.29) is 6.10 Å². The van der Waals surface area contributed by atoms with Crippen molar-refractivity contribution in [2.75, 3.05) is 13.2 Å². The first-order valence-corrected chi connectivity index (χ1v) is 8.71. The Hall–Kier alpha value is -1.16. The van der Waals surface area contributed by atoms with Crippen LogP contribution < -0.4 is 5.32 Å². The van der Waals surface area contributed by atoms with Crippen molar-refractivity contribution >= 4 is 11.3 Å². The number of nitrogens with one attached hydrogen (secondary N) is 1. The van der Waals surface area contributed by atoms with Gasteiger partial charge in [0.25, 0.3) is 0 Å². The van der Waals surface area contributed by atoms with Gasteiger partial charge < -0.3 is 10.1 Å². The van der Waals surface area contributed by atoms with E-state index >= 15 is 0 Å². The van der Waals surface area contributed by atoms with Crippen molar-refractivity contribution in [3.8, 4) is 0 Å². The molecule has 0 saturated heterocycles. The molecule has 1 aromatic carbocycles. The summed E-state index contributed by atoms with van der Waals surface area (Å²) in [5, 5.41) is 5.85. The van der Waals surface area contributed by atoms with Crippen molar-refractivity contribution in [2.24, 2.45) is 0 Å². The van der Waals surface area contributed by atoms with Gasteiger partial charge in [-0.25, -0.2) is 0 Å². The van der Waals surface area contributed by atoms with E-state index in [1.165, 1.54) is 16.0 Å². The van der Waals surface area contributed by atoms with Crippen LogP contribution in [0.25, 0.3) is 0 Å². The molecule has 1 aromatic heterocycles. The number of rotatable bonds is 6. The van der Waals surface area contributed by atoms with Crippen LogP contribution in [0.5, 0.6) is 0 Å². The van der Waals surface area contributed by atoms with Crippen molar-refractivity contribution < 1.29 is 4.74 Å². The first-order chi connectivity index (χ1) is 10.4. The molecular weight excluding hydrogens is 278 g/mol. The second-order valence-electron chi connectivity index (χ2n) is 5.58. The lowest BCUT2D eigenvalue weighted by molar-refractivity contribution is 0.0156. The van der Waals surface area contributed by atoms with Crippen LogP contribution >= 0.6 is 11.3 Å². The zero-order chi connectivity index (χ0) is 14.5. The number of hydrogen-bond acceptors (Lipinski definition) is 3. The summed E-state index contributed by atoms with van der Waals surface area (Å²) in [7, 11) is 0. The summed E-state index contributed by atoms with van der Waals surface area (Å²) in [6, 6.07) is 13.4. The van der Waals surface area contributed by atoms with Gasteiger partial charge in [-0.1, -0.05) is 37.3 Å². The number of thiophene rings is 1. The van der Waals surface area contributed by atoms with Crippen LogP contribution in [0.2, 0.25) is 0 Å². The SMILES string of the molecule is CCCNC(Cc1cccs1)C1OCCc2ccccc21. The van der Waals surface area contributed by atoms with Crippen LogP contribution in [0.4, 0.5) is 0 Å². The van der Waals surface area contributed by atoms with Crippen LogP contribution in [0.3, 0.4) is 0 Å². The van der Waals surface area contributed by atoms with E-state index in [4.69, 9.17) is 4.74 Å². The van der Waals surface area contributed by atoms with E-state index in [0.29, 0.717) is 6.04 Å². The highest BCUT2D eigenvalue weighted by atomic mass is 32.1. The maximum atomic E-state index is 6.15. The minimum Gasteiger partial charge on any atom is -0.372 e. The average molecular weight is 301 g/mol. The van der Waals surface area contributed by atoms with E-state index in [2.05, 4.69) is 54.0 Å². The van der Waals surface area contributed by atoms with E-state index in [9.17, 15) is 0 Å². The Morgan fingerprint density at radius 2 is 2.19 bits per heavy atom. The van der Waals surface area contributed by atoms with Crippen LogP contribution in [-0.2, 0) is 17.6 Å². The van der Waals surface area contributed by atoms with E-state index in [1.807, 2.05) is 11.3 Å². The Morgan fingerprint density at radius 1 is 1.29 bits per heavy atom. The Kier molecular flexibility index (Phi) is 5.07. The fraction of sp³-hybridized carbons (Fsp3) is 0.444. The van der Waals surface area contributed by atoms with Crippen molar-refractivity contribution in [1.82, 2.24) is 5.32 Å². The fourth-order valence-electron chi connectivity index (χ4n) is 3.02. The molecule has 0 spiro atoms. The number of ether oxygens (including phenoxy) is 1. The van der Waals surface area contributed by atoms with Gasteiger partial charge in [-0.05, 0) is 48.4 Å². The highest BCUT2D eigenvalue weighted by molar-refractivity contribution is 7.09. The number of benzene rings is 1. The lowest BCUT2D eigenvalue weighted by atomic mass is 9.91. The summed E-state index contributed by atoms with van der Waals surface area (Å²) >= 11 is 1.83. The summed E-state index contributed by atoms with van der Waals surface area (Å²) in [5.74, 6) is 0. The predicted octanol–water partition coefficient (Wildman–Crippen LogP) is 3.97. The normalized spacial score (nSPS) is 19.2. The molecule has 2 nitrogen and oxygen atoms in total. The quantitative estimate of drug-likeness (QED) is 0.871. The third kappa shape index (κ3) is 3.54. The molecule has 2 aromatic rings. The first kappa shape index (κ1) is 14.8. The van der Waals surface area contributed by atoms with Crippen LogP contribution in [0, 0.1) is 0 Å². The van der Waals surface area contributed by atoms with Gasteiger partial charge in [-0.2, -0.15) is 0 Å². The Labute approximate surface area is 131 Å². The molecule has 3 heteroatoms. The molecule has 3 rings (SSSR count). The van der Waals surface area contributed by atoms with Gasteiger partial charge in [0.1, 0.15) is 0 Å². The van der Waals surface area contributed by atoms with Gasteiger partial charge in [0.2, 0.25) is 0 Å². The first-order valence-electron chi connectivity index (χ1n) is 7.83. The lowest BCUT2D eigenvalue weighted by Gasteiger charge is -2.33. The molecule has 2 unspecified atom stereocenters. The monoisotopic (exact) mass is 301 g/mol. The van der Waals surface area contributed by atoms with Crippen molar-refractivity contribution in [3.05, 3.63) is 57.8 Å². The minimum atomic E-state index is 0.170. The zero-order valence-electron chi connectivity index (χ0n) is 12.5. The largest absolute Gasteiger partial charge is 0.372 e. The summed E-state index contributed by atoms with van der Waals surface area (Å²) < 4.78 is 6.15. The molecule has 0 fully saturated rings. The topological polar surface area (TPSA) is 21.3 Å². The van der Waals surface area contributed by atoms with Gasteiger partial charge in [-0.3, -0.25) is 0 Å². The molecule has 21 heavy (non-hydrogen) atoms. The maximum Gasteiger partial charge on any atom is 0.0984 e. The molecule has 0 saturated carbocycles. The van der Waals surface area contributed by atoms with Crippen LogP contribution in [-0.4, -0.2) is 19.2 Å². The summed E-state index contributed by atoms with van der Waals surface area (Å²) in [4.78, 5) is 1.43. The molecule has 1 N–H and O–H groups in total. The smallest absolute Gasteiger partial charge is 0.0984 e. The molecule has 1 aliphatic rings. The molecule has 2 atom stereocenters. The van der Waals surface area contributed by atoms with Crippen molar-refractivity contribution in [1.29, 1.82) is 0 Å². The van der Waals surface area contributed by atoms with E-state index < -0.39 is 0 Å². The Balaban J connectivity index is 1.82. The van der Waals surface area contributed by atoms with Crippen LogP contribution in [0.15, 0.2) is 41.8 Å². The third-order valence-electron chi connectivity index (χ3n) is 4.05. The highest BCUT2D eigenvalue weighted by Crippen LogP contribution is 2.31. The van der Waals surface area contributed by atoms with Crippen molar-refractivity contribution in [2.45, 2.75) is 38.3 Å². The van der Waals surface area contributed by atoms with Gasteiger partial charge >= 0.3 is 0 Å². The number of fused-ring (bicyclic) bond motifs is 1. The van der Waals surface area contributed by atoms with Gasteiger partial charge in [-0.15, -0.1) is 11.3 Å². The molecule has 2 heterocycles. The molecule has 112 valence electrons. The fourth-order valence-corrected chi connectivity index (χ4v) is 3.78. The second-order valence-corrected chi connectivity index (χ2v) is 6.62. The molecule has 0 bridgehead atoms. The summed E-state index contributed by atoms with van der Waals surface area (Å²) in [6.45, 7) is 4.08. The lowest BCUT2D eigenvalue weighted by Crippen LogP contribution is -2.40. The zero-order valence-corrected chi connectivity index (χ0v) is 13.4. The third-order valence-corrected chi connectivity index (χ3v) is 4.95. The molecular formula is C18H23NOS. The minimum absolute atomic E-state index is 0.170. The van der Waals surface area contributed by atoms with Crippen molar-refractivity contribution in [3.63, 3.8) is 0 Å².